The van der Waals surface area contributed by atoms with Crippen LogP contribution in [-0.2, 0) is 6.54 Å². The second kappa shape index (κ2) is 6.33. The lowest BCUT2D eigenvalue weighted by Gasteiger charge is -2.10. The number of ether oxygens (including phenoxy) is 1. The number of halogens is 1. The Hall–Kier alpha value is -2.15. The van der Waals surface area contributed by atoms with E-state index in [2.05, 4.69) is 26.2 Å². The first-order valence-electron chi connectivity index (χ1n) is 5.77. The summed E-state index contributed by atoms with van der Waals surface area (Å²) in [5.74, 6) is 0.449. The average molecular weight is 338 g/mol. The van der Waals surface area contributed by atoms with Crippen LogP contribution in [0, 0.1) is 10.1 Å². The fourth-order valence-electron chi connectivity index (χ4n) is 1.75. The molecule has 0 aliphatic heterocycles. The molecule has 0 saturated carbocycles. The summed E-state index contributed by atoms with van der Waals surface area (Å²) in [6.45, 7) is 0.303. The van der Waals surface area contributed by atoms with Crippen LogP contribution in [0.1, 0.15) is 5.56 Å². The van der Waals surface area contributed by atoms with Crippen LogP contribution in [0.25, 0.3) is 0 Å². The minimum absolute atomic E-state index is 0.0727. The van der Waals surface area contributed by atoms with Crippen molar-refractivity contribution >= 4 is 27.3 Å². The number of hydrogen-bond donors (Lipinski definition) is 1. The molecule has 1 N–H and O–H groups in total. The molecule has 0 radical (unpaired) electrons. The number of anilines is 1. The Bertz CT molecular complexity index is 634. The van der Waals surface area contributed by atoms with Gasteiger partial charge in [-0.25, -0.2) is 4.98 Å². The first-order valence-corrected chi connectivity index (χ1v) is 6.57. The SMILES string of the molecule is COc1ncccc1NCc1cc(Br)ccc1[N+](=O)[O-]. The van der Waals surface area contributed by atoms with Crippen LogP contribution < -0.4 is 10.1 Å². The third-order valence-corrected chi connectivity index (χ3v) is 3.17. The van der Waals surface area contributed by atoms with Crippen LogP contribution in [-0.4, -0.2) is 17.0 Å². The molecule has 0 bridgehead atoms. The molecule has 104 valence electrons. The molecule has 1 aromatic heterocycles. The fourth-order valence-corrected chi connectivity index (χ4v) is 2.16. The van der Waals surface area contributed by atoms with E-state index in [4.69, 9.17) is 4.74 Å². The molecule has 2 rings (SSSR count). The summed E-state index contributed by atoms with van der Waals surface area (Å²) in [6, 6.07) is 8.40. The average Bonchev–Trinajstić information content (AvgIpc) is 2.45. The van der Waals surface area contributed by atoms with Gasteiger partial charge < -0.3 is 10.1 Å². The second-order valence-corrected chi connectivity index (χ2v) is 4.86. The van der Waals surface area contributed by atoms with Crippen LogP contribution in [0.3, 0.4) is 0 Å². The van der Waals surface area contributed by atoms with Crippen molar-refractivity contribution in [3.05, 3.63) is 56.7 Å². The van der Waals surface area contributed by atoms with Gasteiger partial charge in [0.1, 0.15) is 0 Å². The Labute approximate surface area is 124 Å². The largest absolute Gasteiger partial charge is 0.480 e. The molecule has 6 nitrogen and oxygen atoms in total. The van der Waals surface area contributed by atoms with E-state index in [1.165, 1.54) is 13.2 Å². The van der Waals surface area contributed by atoms with E-state index in [9.17, 15) is 10.1 Å². The first-order chi connectivity index (χ1) is 9.61. The maximum Gasteiger partial charge on any atom is 0.274 e. The molecule has 0 spiro atoms. The monoisotopic (exact) mass is 337 g/mol. The molecular weight excluding hydrogens is 326 g/mol. The Morgan fingerprint density at radius 1 is 1.45 bits per heavy atom. The van der Waals surface area contributed by atoms with Crippen LogP contribution in [0.2, 0.25) is 0 Å². The molecule has 0 atom stereocenters. The third kappa shape index (κ3) is 3.24. The van der Waals surface area contributed by atoms with Gasteiger partial charge in [0, 0.05) is 28.8 Å². The Morgan fingerprint density at radius 3 is 2.95 bits per heavy atom. The number of hydrogen-bond acceptors (Lipinski definition) is 5. The van der Waals surface area contributed by atoms with Crippen molar-refractivity contribution in [2.45, 2.75) is 6.54 Å². The summed E-state index contributed by atoms with van der Waals surface area (Å²) in [4.78, 5) is 14.7. The number of nitro benzene ring substituents is 1. The highest BCUT2D eigenvalue weighted by Gasteiger charge is 2.14. The normalized spacial score (nSPS) is 10.1. The maximum absolute atomic E-state index is 11.0. The molecular formula is C13H12BrN3O3. The zero-order valence-electron chi connectivity index (χ0n) is 10.7. The molecule has 7 heteroatoms. The summed E-state index contributed by atoms with van der Waals surface area (Å²) in [6.07, 6.45) is 1.62. The van der Waals surface area contributed by atoms with Gasteiger partial charge in [-0.1, -0.05) is 15.9 Å². The second-order valence-electron chi connectivity index (χ2n) is 3.94. The van der Waals surface area contributed by atoms with Gasteiger partial charge in [-0.05, 0) is 24.3 Å². The lowest BCUT2D eigenvalue weighted by Crippen LogP contribution is -2.05. The Balaban J connectivity index is 2.22. The number of nitrogens with one attached hydrogen (secondary N) is 1. The summed E-state index contributed by atoms with van der Waals surface area (Å²) in [5.41, 5.74) is 1.34. The quantitative estimate of drug-likeness (QED) is 0.668. The van der Waals surface area contributed by atoms with Crippen molar-refractivity contribution in [2.75, 3.05) is 12.4 Å². The van der Waals surface area contributed by atoms with Crippen LogP contribution in [0.5, 0.6) is 5.88 Å². The Kier molecular flexibility index (Phi) is 4.52. The highest BCUT2D eigenvalue weighted by Crippen LogP contribution is 2.26. The van der Waals surface area contributed by atoms with E-state index >= 15 is 0 Å². The smallest absolute Gasteiger partial charge is 0.274 e. The number of rotatable bonds is 5. The Morgan fingerprint density at radius 2 is 2.25 bits per heavy atom. The summed E-state index contributed by atoms with van der Waals surface area (Å²) < 4.78 is 5.91. The van der Waals surface area contributed by atoms with Crippen LogP contribution >= 0.6 is 15.9 Å². The van der Waals surface area contributed by atoms with E-state index in [-0.39, 0.29) is 5.69 Å². The van der Waals surface area contributed by atoms with Crippen molar-refractivity contribution < 1.29 is 9.66 Å². The molecule has 0 saturated heterocycles. The van der Waals surface area contributed by atoms with Crippen molar-refractivity contribution in [1.29, 1.82) is 0 Å². The minimum atomic E-state index is -0.399. The number of pyridine rings is 1. The van der Waals surface area contributed by atoms with Gasteiger partial charge >= 0.3 is 0 Å². The standard InChI is InChI=1S/C13H12BrN3O3/c1-20-13-11(3-2-6-15-13)16-8-9-7-10(14)4-5-12(9)17(18)19/h2-7,16H,8H2,1H3. The van der Waals surface area contributed by atoms with E-state index in [0.29, 0.717) is 23.7 Å². The summed E-state index contributed by atoms with van der Waals surface area (Å²) in [5, 5.41) is 14.1. The van der Waals surface area contributed by atoms with Crippen molar-refractivity contribution in [2.24, 2.45) is 0 Å². The van der Waals surface area contributed by atoms with Crippen LogP contribution in [0.15, 0.2) is 41.0 Å². The number of aromatic nitrogens is 1. The summed E-state index contributed by atoms with van der Waals surface area (Å²) in [7, 11) is 1.52. The molecule has 1 heterocycles. The molecule has 20 heavy (non-hydrogen) atoms. The van der Waals surface area contributed by atoms with Gasteiger partial charge in [-0.3, -0.25) is 10.1 Å². The lowest BCUT2D eigenvalue weighted by atomic mass is 10.2. The third-order valence-electron chi connectivity index (χ3n) is 2.67. The zero-order valence-corrected chi connectivity index (χ0v) is 12.3. The van der Waals surface area contributed by atoms with Crippen molar-refractivity contribution in [1.82, 2.24) is 4.98 Å². The topological polar surface area (TPSA) is 77.3 Å². The molecule has 0 aliphatic rings. The van der Waals surface area contributed by atoms with Gasteiger partial charge in [-0.15, -0.1) is 0 Å². The first kappa shape index (κ1) is 14.3. The van der Waals surface area contributed by atoms with Crippen molar-refractivity contribution in [3.63, 3.8) is 0 Å². The molecule has 2 aromatic rings. The van der Waals surface area contributed by atoms with Gasteiger partial charge in [0.05, 0.1) is 17.7 Å². The fraction of sp³-hybridized carbons (Fsp3) is 0.154. The molecule has 0 fully saturated rings. The molecule has 0 amide bonds. The van der Waals surface area contributed by atoms with E-state index in [1.54, 1.807) is 30.5 Å². The van der Waals surface area contributed by atoms with Crippen LogP contribution in [0.4, 0.5) is 11.4 Å². The molecule has 0 aliphatic carbocycles. The van der Waals surface area contributed by atoms with Gasteiger partial charge in [0.25, 0.3) is 5.69 Å². The van der Waals surface area contributed by atoms with Gasteiger partial charge in [0.2, 0.25) is 5.88 Å². The van der Waals surface area contributed by atoms with E-state index < -0.39 is 4.92 Å². The van der Waals surface area contributed by atoms with Gasteiger partial charge in [-0.2, -0.15) is 0 Å². The highest BCUT2D eigenvalue weighted by atomic mass is 79.9. The highest BCUT2D eigenvalue weighted by molar-refractivity contribution is 9.10. The van der Waals surface area contributed by atoms with Crippen molar-refractivity contribution in [3.8, 4) is 5.88 Å². The zero-order chi connectivity index (χ0) is 14.5. The molecule has 0 unspecified atom stereocenters. The maximum atomic E-state index is 11.0. The van der Waals surface area contributed by atoms with E-state index in [0.717, 1.165) is 4.47 Å². The minimum Gasteiger partial charge on any atom is -0.480 e. The number of methoxy groups -OCH3 is 1. The van der Waals surface area contributed by atoms with Gasteiger partial charge in [0.15, 0.2) is 0 Å². The molecule has 1 aromatic carbocycles. The number of nitro groups is 1. The predicted octanol–water partition coefficient (Wildman–Crippen LogP) is 3.37. The number of benzene rings is 1. The number of nitrogens with zero attached hydrogens (tertiary/aromatic N) is 2. The predicted molar refractivity (Wildman–Crippen MR) is 78.9 cm³/mol. The lowest BCUT2D eigenvalue weighted by molar-refractivity contribution is -0.385. The summed E-state index contributed by atoms with van der Waals surface area (Å²) >= 11 is 3.31. The van der Waals surface area contributed by atoms with E-state index in [1.807, 2.05) is 0 Å².